The minimum Gasteiger partial charge on any atom is -0.341 e. The second kappa shape index (κ2) is 7.98. The Morgan fingerprint density at radius 1 is 1.03 bits per heavy atom. The van der Waals surface area contributed by atoms with Crippen LogP contribution in [0.5, 0.6) is 0 Å². The van der Waals surface area contributed by atoms with E-state index < -0.39 is 0 Å². The Labute approximate surface area is 173 Å². The van der Waals surface area contributed by atoms with Crippen molar-refractivity contribution in [1.82, 2.24) is 34.8 Å². The second-order valence-electron chi connectivity index (χ2n) is 7.45. The molecule has 8 nitrogen and oxygen atoms in total. The van der Waals surface area contributed by atoms with Crippen LogP contribution >= 0.6 is 0 Å². The highest BCUT2D eigenvalue weighted by Crippen LogP contribution is 2.33. The molecule has 5 rings (SSSR count). The Kier molecular flexibility index (Phi) is 4.88. The molecule has 0 saturated carbocycles. The van der Waals surface area contributed by atoms with Gasteiger partial charge in [0, 0.05) is 43.2 Å². The van der Waals surface area contributed by atoms with Crippen LogP contribution in [0.4, 0.5) is 0 Å². The van der Waals surface area contributed by atoms with Gasteiger partial charge in [-0.05, 0) is 42.7 Å². The van der Waals surface area contributed by atoms with Gasteiger partial charge < -0.3 is 4.90 Å². The van der Waals surface area contributed by atoms with Crippen LogP contribution in [-0.4, -0.2) is 53.8 Å². The molecule has 0 atom stereocenters. The lowest BCUT2D eigenvalue weighted by Crippen LogP contribution is -2.40. The predicted octanol–water partition coefficient (Wildman–Crippen LogP) is 2.69. The molecule has 8 heteroatoms. The number of fused-ring (bicyclic) bond motifs is 1. The van der Waals surface area contributed by atoms with E-state index in [1.54, 1.807) is 23.4 Å². The van der Waals surface area contributed by atoms with Crippen molar-refractivity contribution >= 4 is 16.9 Å². The molecule has 1 amide bonds. The lowest BCUT2D eigenvalue weighted by molar-refractivity contribution is -0.133. The van der Waals surface area contributed by atoms with Crippen LogP contribution in [0.2, 0.25) is 0 Å². The molecule has 0 aliphatic carbocycles. The van der Waals surface area contributed by atoms with E-state index >= 15 is 0 Å². The van der Waals surface area contributed by atoms with Gasteiger partial charge in [0.05, 0.1) is 11.2 Å². The summed E-state index contributed by atoms with van der Waals surface area (Å²) in [7, 11) is 0. The van der Waals surface area contributed by atoms with Crippen molar-refractivity contribution in [2.45, 2.75) is 25.3 Å². The molecule has 0 spiro atoms. The molecular formula is C22H21N7O. The van der Waals surface area contributed by atoms with E-state index in [1.807, 2.05) is 47.5 Å². The molecule has 1 aliphatic rings. The first kappa shape index (κ1) is 18.4. The monoisotopic (exact) mass is 399 g/mol. The molecule has 4 aromatic rings. The van der Waals surface area contributed by atoms with Crippen molar-refractivity contribution in [3.8, 4) is 11.1 Å². The molecule has 1 aromatic carbocycles. The van der Waals surface area contributed by atoms with E-state index in [4.69, 9.17) is 0 Å². The quantitative estimate of drug-likeness (QED) is 0.524. The second-order valence-corrected chi connectivity index (χ2v) is 7.45. The summed E-state index contributed by atoms with van der Waals surface area (Å²) in [4.78, 5) is 27.7. The largest absolute Gasteiger partial charge is 0.341 e. The van der Waals surface area contributed by atoms with E-state index in [2.05, 4.69) is 25.3 Å². The average Bonchev–Trinajstić information content (AvgIpc) is 3.22. The van der Waals surface area contributed by atoms with Crippen LogP contribution in [-0.2, 0) is 11.3 Å². The molecule has 0 N–H and O–H groups in total. The fourth-order valence-electron chi connectivity index (χ4n) is 4.08. The third-order valence-corrected chi connectivity index (χ3v) is 5.67. The zero-order valence-corrected chi connectivity index (χ0v) is 16.4. The maximum absolute atomic E-state index is 12.8. The number of hydrogen-bond acceptors (Lipinski definition) is 6. The van der Waals surface area contributed by atoms with Gasteiger partial charge in [0.15, 0.2) is 0 Å². The lowest BCUT2D eigenvalue weighted by Gasteiger charge is -2.32. The maximum Gasteiger partial charge on any atom is 0.244 e. The smallest absolute Gasteiger partial charge is 0.244 e. The van der Waals surface area contributed by atoms with Gasteiger partial charge in [0.25, 0.3) is 0 Å². The summed E-state index contributed by atoms with van der Waals surface area (Å²) in [5, 5.41) is 8.27. The summed E-state index contributed by atoms with van der Waals surface area (Å²) >= 11 is 0. The highest BCUT2D eigenvalue weighted by molar-refractivity contribution is 5.80. The van der Waals surface area contributed by atoms with E-state index in [0.29, 0.717) is 19.0 Å². The van der Waals surface area contributed by atoms with Crippen LogP contribution in [0.25, 0.3) is 22.2 Å². The Morgan fingerprint density at radius 2 is 1.83 bits per heavy atom. The van der Waals surface area contributed by atoms with Gasteiger partial charge in [-0.15, -0.1) is 5.10 Å². The number of nitrogens with zero attached hydrogens (tertiary/aromatic N) is 7. The number of pyridine rings is 1. The Balaban J connectivity index is 1.27. The first-order valence-electron chi connectivity index (χ1n) is 10.1. The normalized spacial score (nSPS) is 14.9. The molecule has 0 radical (unpaired) electrons. The van der Waals surface area contributed by atoms with Gasteiger partial charge in [-0.25, -0.2) is 14.6 Å². The number of hydrogen-bond donors (Lipinski definition) is 0. The van der Waals surface area contributed by atoms with Crippen molar-refractivity contribution in [3.63, 3.8) is 0 Å². The van der Waals surface area contributed by atoms with E-state index in [-0.39, 0.29) is 12.5 Å². The summed E-state index contributed by atoms with van der Waals surface area (Å²) < 4.78 is 1.68. The third kappa shape index (κ3) is 3.52. The standard InChI is InChI=1S/C22H21N7O/c30-21(14-29-20-4-2-1-3-19(20)26-27-29)28-11-7-17(8-12-28)22-18(13-24-15-25-22)16-5-9-23-10-6-16/h1-6,9-10,13,15,17H,7-8,11-12,14H2. The molecule has 1 fully saturated rings. The van der Waals surface area contributed by atoms with E-state index in [1.165, 1.54) is 0 Å². The summed E-state index contributed by atoms with van der Waals surface area (Å²) in [5.41, 5.74) is 4.83. The molecule has 3 aromatic heterocycles. The summed E-state index contributed by atoms with van der Waals surface area (Å²) in [6, 6.07) is 11.6. The number of rotatable bonds is 4. The summed E-state index contributed by atoms with van der Waals surface area (Å²) in [6.45, 7) is 1.62. The molecule has 150 valence electrons. The number of likely N-dealkylation sites (tertiary alicyclic amines) is 1. The highest BCUT2D eigenvalue weighted by atomic mass is 16.2. The molecule has 4 heterocycles. The minimum atomic E-state index is 0.0705. The van der Waals surface area contributed by atoms with Crippen LogP contribution in [0.3, 0.4) is 0 Å². The number of para-hydroxylation sites is 1. The lowest BCUT2D eigenvalue weighted by atomic mass is 9.89. The van der Waals surface area contributed by atoms with Crippen molar-refractivity contribution in [3.05, 3.63) is 67.0 Å². The Bertz CT molecular complexity index is 1170. The number of amides is 1. The van der Waals surface area contributed by atoms with Crippen LogP contribution < -0.4 is 0 Å². The topological polar surface area (TPSA) is 89.7 Å². The predicted molar refractivity (Wildman–Crippen MR) is 111 cm³/mol. The van der Waals surface area contributed by atoms with Gasteiger partial charge in [0.1, 0.15) is 18.4 Å². The van der Waals surface area contributed by atoms with Gasteiger partial charge in [-0.2, -0.15) is 0 Å². The molecule has 1 saturated heterocycles. The molecule has 1 aliphatic heterocycles. The Hall–Kier alpha value is -3.68. The average molecular weight is 399 g/mol. The van der Waals surface area contributed by atoms with E-state index in [9.17, 15) is 4.79 Å². The van der Waals surface area contributed by atoms with Gasteiger partial charge in [-0.3, -0.25) is 9.78 Å². The first-order chi connectivity index (χ1) is 14.8. The zero-order chi connectivity index (χ0) is 20.3. The SMILES string of the molecule is O=C(Cn1nnc2ccccc21)N1CCC(c2ncncc2-c2ccncc2)CC1. The number of benzene rings is 1. The van der Waals surface area contributed by atoms with Crippen molar-refractivity contribution in [1.29, 1.82) is 0 Å². The first-order valence-corrected chi connectivity index (χ1v) is 10.1. The minimum absolute atomic E-state index is 0.0705. The molecular weight excluding hydrogens is 378 g/mol. The Morgan fingerprint density at radius 3 is 2.67 bits per heavy atom. The fourth-order valence-corrected chi connectivity index (χ4v) is 4.08. The van der Waals surface area contributed by atoms with Crippen LogP contribution in [0.15, 0.2) is 61.3 Å². The van der Waals surface area contributed by atoms with Crippen molar-refractivity contribution in [2.75, 3.05) is 13.1 Å². The van der Waals surface area contributed by atoms with Crippen molar-refractivity contribution < 1.29 is 4.79 Å². The van der Waals surface area contributed by atoms with Crippen LogP contribution in [0.1, 0.15) is 24.5 Å². The number of aromatic nitrogens is 6. The zero-order valence-electron chi connectivity index (χ0n) is 16.4. The number of carbonyl (C=O) groups excluding carboxylic acids is 1. The number of piperidine rings is 1. The van der Waals surface area contributed by atoms with Crippen LogP contribution in [0, 0.1) is 0 Å². The maximum atomic E-state index is 12.8. The summed E-state index contributed by atoms with van der Waals surface area (Å²) in [5.74, 6) is 0.369. The molecule has 0 bridgehead atoms. The van der Waals surface area contributed by atoms with Gasteiger partial charge >= 0.3 is 0 Å². The van der Waals surface area contributed by atoms with E-state index in [0.717, 1.165) is 40.7 Å². The summed E-state index contributed by atoms with van der Waals surface area (Å²) in [6.07, 6.45) is 8.78. The third-order valence-electron chi connectivity index (χ3n) is 5.67. The van der Waals surface area contributed by atoms with Crippen molar-refractivity contribution in [2.24, 2.45) is 0 Å². The highest BCUT2D eigenvalue weighted by Gasteiger charge is 2.27. The van der Waals surface area contributed by atoms with Gasteiger partial charge in [-0.1, -0.05) is 17.3 Å². The molecule has 0 unspecified atom stereocenters. The van der Waals surface area contributed by atoms with Gasteiger partial charge in [0.2, 0.25) is 5.91 Å². The molecule has 30 heavy (non-hydrogen) atoms. The fraction of sp³-hybridized carbons (Fsp3) is 0.273. The number of carbonyl (C=O) groups is 1.